The quantitative estimate of drug-likeness (QED) is 0.942. The fourth-order valence-electron chi connectivity index (χ4n) is 2.48. The Balaban J connectivity index is 1.62. The molecule has 0 aliphatic carbocycles. The second kappa shape index (κ2) is 6.62. The van der Waals surface area contributed by atoms with Crippen LogP contribution >= 0.6 is 11.3 Å². The Morgan fingerprint density at radius 2 is 2.43 bits per heavy atom. The summed E-state index contributed by atoms with van der Waals surface area (Å²) < 4.78 is 18.9. The number of ether oxygens (including phenoxy) is 1. The number of hydrogen-bond donors (Lipinski definition) is 1. The van der Waals surface area contributed by atoms with Gasteiger partial charge in [0, 0.05) is 31.2 Å². The minimum absolute atomic E-state index is 0.0431. The number of hydrogen-bond acceptors (Lipinski definition) is 5. The molecule has 1 aliphatic rings. The van der Waals surface area contributed by atoms with Gasteiger partial charge in [-0.25, -0.2) is 9.37 Å². The van der Waals surface area contributed by atoms with Gasteiger partial charge in [0.1, 0.15) is 16.9 Å². The molecule has 21 heavy (non-hydrogen) atoms. The Bertz CT molecular complexity index is 579. The van der Waals surface area contributed by atoms with E-state index in [4.69, 9.17) is 4.74 Å². The highest BCUT2D eigenvalue weighted by Crippen LogP contribution is 2.25. The summed E-state index contributed by atoms with van der Waals surface area (Å²) in [5.74, 6) is -0.325. The standard InChI is InChI=1S/C15H17FN2O2S/c16-12-3-1-2-11(8-12)13(19)9-18-5-6-20-14(10-18)15-17-4-7-21-15/h1-4,7-8,13-14,19H,5-6,9-10H2/t13-,14+/m0/s1. The fourth-order valence-corrected chi connectivity index (χ4v) is 3.15. The number of aromatic nitrogens is 1. The number of nitrogens with zero attached hydrogens (tertiary/aromatic N) is 2. The first-order valence-electron chi connectivity index (χ1n) is 6.89. The first-order valence-corrected chi connectivity index (χ1v) is 7.77. The molecule has 1 fully saturated rings. The molecule has 2 aromatic rings. The zero-order valence-corrected chi connectivity index (χ0v) is 12.3. The molecule has 4 nitrogen and oxygen atoms in total. The topological polar surface area (TPSA) is 45.6 Å². The number of morpholine rings is 1. The molecular formula is C15H17FN2O2S. The smallest absolute Gasteiger partial charge is 0.123 e. The summed E-state index contributed by atoms with van der Waals surface area (Å²) in [6, 6.07) is 6.12. The molecule has 6 heteroatoms. The zero-order valence-electron chi connectivity index (χ0n) is 11.5. The third-order valence-electron chi connectivity index (χ3n) is 3.54. The monoisotopic (exact) mass is 308 g/mol. The van der Waals surface area contributed by atoms with Crippen LogP contribution < -0.4 is 0 Å². The maximum Gasteiger partial charge on any atom is 0.123 e. The number of β-amino-alcohol motifs (C(OH)–C–C–N with tert-alkyl or cyclic N) is 1. The number of aliphatic hydroxyl groups excluding tert-OH is 1. The van der Waals surface area contributed by atoms with Crippen LogP contribution in [0.25, 0.3) is 0 Å². The van der Waals surface area contributed by atoms with Gasteiger partial charge in [-0.1, -0.05) is 12.1 Å². The molecule has 3 rings (SSSR count). The van der Waals surface area contributed by atoms with Crippen LogP contribution in [0.3, 0.4) is 0 Å². The van der Waals surface area contributed by atoms with Gasteiger partial charge in [-0.15, -0.1) is 11.3 Å². The summed E-state index contributed by atoms with van der Waals surface area (Å²) in [4.78, 5) is 6.41. The first-order chi connectivity index (χ1) is 10.2. The molecule has 0 bridgehead atoms. The Morgan fingerprint density at radius 1 is 1.52 bits per heavy atom. The predicted molar refractivity (Wildman–Crippen MR) is 78.6 cm³/mol. The summed E-state index contributed by atoms with van der Waals surface area (Å²) >= 11 is 1.57. The van der Waals surface area contributed by atoms with E-state index in [1.165, 1.54) is 12.1 Å². The number of benzene rings is 1. The van der Waals surface area contributed by atoms with E-state index < -0.39 is 6.10 Å². The third-order valence-corrected chi connectivity index (χ3v) is 4.41. The van der Waals surface area contributed by atoms with Crippen LogP contribution in [-0.4, -0.2) is 41.2 Å². The molecule has 0 amide bonds. The molecule has 1 aromatic heterocycles. The van der Waals surface area contributed by atoms with Crippen molar-refractivity contribution in [3.63, 3.8) is 0 Å². The minimum atomic E-state index is -0.698. The third kappa shape index (κ3) is 3.65. The van der Waals surface area contributed by atoms with Crippen molar-refractivity contribution < 1.29 is 14.2 Å². The Hall–Kier alpha value is -1.34. The summed E-state index contributed by atoms with van der Waals surface area (Å²) in [7, 11) is 0. The van der Waals surface area contributed by atoms with Crippen molar-refractivity contribution in [3.05, 3.63) is 52.2 Å². The van der Waals surface area contributed by atoms with E-state index in [9.17, 15) is 9.50 Å². The highest BCUT2D eigenvalue weighted by atomic mass is 32.1. The fraction of sp³-hybridized carbons (Fsp3) is 0.400. The molecule has 112 valence electrons. The van der Waals surface area contributed by atoms with E-state index >= 15 is 0 Å². The Morgan fingerprint density at radius 3 is 3.19 bits per heavy atom. The molecule has 1 aromatic carbocycles. The first kappa shape index (κ1) is 14.6. The van der Waals surface area contributed by atoms with Crippen molar-refractivity contribution >= 4 is 11.3 Å². The molecule has 2 heterocycles. The Labute approximate surface area is 126 Å². The SMILES string of the molecule is O[C@@H](CN1CCO[C@@H](c2nccs2)C1)c1cccc(F)c1. The largest absolute Gasteiger partial charge is 0.387 e. The van der Waals surface area contributed by atoms with Crippen molar-refractivity contribution in [3.8, 4) is 0 Å². The molecule has 1 saturated heterocycles. The number of aliphatic hydroxyl groups is 1. The summed E-state index contributed by atoms with van der Waals surface area (Å²) in [5.41, 5.74) is 0.604. The average Bonchev–Trinajstić information content (AvgIpc) is 3.02. The molecule has 1 N–H and O–H groups in total. The van der Waals surface area contributed by atoms with Crippen molar-refractivity contribution in [2.45, 2.75) is 12.2 Å². The van der Waals surface area contributed by atoms with Gasteiger partial charge in [-0.3, -0.25) is 4.90 Å². The van der Waals surface area contributed by atoms with Crippen LogP contribution in [0.5, 0.6) is 0 Å². The van der Waals surface area contributed by atoms with Gasteiger partial charge < -0.3 is 9.84 Å². The predicted octanol–water partition coefficient (Wildman–Crippen LogP) is 2.39. The summed E-state index contributed by atoms with van der Waals surface area (Å²) in [6.07, 6.45) is 1.03. The molecular weight excluding hydrogens is 291 g/mol. The molecule has 0 radical (unpaired) electrons. The maximum atomic E-state index is 13.2. The number of rotatable bonds is 4. The van der Waals surface area contributed by atoms with Crippen LogP contribution in [-0.2, 0) is 4.74 Å². The number of thiazole rings is 1. The lowest BCUT2D eigenvalue weighted by atomic mass is 10.1. The average molecular weight is 308 g/mol. The van der Waals surface area contributed by atoms with Gasteiger partial charge in [0.2, 0.25) is 0 Å². The van der Waals surface area contributed by atoms with Crippen molar-refractivity contribution in [2.24, 2.45) is 0 Å². The van der Waals surface area contributed by atoms with E-state index in [2.05, 4.69) is 9.88 Å². The lowest BCUT2D eigenvalue weighted by Crippen LogP contribution is -2.40. The number of halogens is 1. The second-order valence-corrected chi connectivity index (χ2v) is 5.99. The molecule has 0 unspecified atom stereocenters. The van der Waals surface area contributed by atoms with Gasteiger partial charge in [0.25, 0.3) is 0 Å². The summed E-state index contributed by atoms with van der Waals surface area (Å²) in [6.45, 7) is 2.53. The van der Waals surface area contributed by atoms with Crippen molar-refractivity contribution in [1.82, 2.24) is 9.88 Å². The second-order valence-electron chi connectivity index (χ2n) is 5.06. The normalized spacial score (nSPS) is 21.3. The van der Waals surface area contributed by atoms with Gasteiger partial charge in [0.05, 0.1) is 12.7 Å². The Kier molecular flexibility index (Phi) is 4.60. The van der Waals surface area contributed by atoms with Crippen LogP contribution in [0.4, 0.5) is 4.39 Å². The molecule has 0 spiro atoms. The highest BCUT2D eigenvalue weighted by molar-refractivity contribution is 7.09. The van der Waals surface area contributed by atoms with Crippen LogP contribution in [0.2, 0.25) is 0 Å². The van der Waals surface area contributed by atoms with Gasteiger partial charge in [0.15, 0.2) is 0 Å². The molecule has 2 atom stereocenters. The van der Waals surface area contributed by atoms with E-state index in [-0.39, 0.29) is 11.9 Å². The molecule has 1 aliphatic heterocycles. The van der Waals surface area contributed by atoms with Gasteiger partial charge >= 0.3 is 0 Å². The zero-order chi connectivity index (χ0) is 14.7. The lowest BCUT2D eigenvalue weighted by molar-refractivity contribution is -0.0424. The highest BCUT2D eigenvalue weighted by Gasteiger charge is 2.25. The van der Waals surface area contributed by atoms with Crippen molar-refractivity contribution in [1.29, 1.82) is 0 Å². The van der Waals surface area contributed by atoms with Crippen LogP contribution in [0.1, 0.15) is 22.8 Å². The summed E-state index contributed by atoms with van der Waals surface area (Å²) in [5, 5.41) is 13.1. The lowest BCUT2D eigenvalue weighted by Gasteiger charge is -2.33. The van der Waals surface area contributed by atoms with E-state index in [0.717, 1.165) is 11.6 Å². The van der Waals surface area contributed by atoms with Crippen LogP contribution in [0.15, 0.2) is 35.8 Å². The van der Waals surface area contributed by atoms with E-state index in [1.54, 1.807) is 29.7 Å². The van der Waals surface area contributed by atoms with Crippen LogP contribution in [0, 0.1) is 5.82 Å². The van der Waals surface area contributed by atoms with E-state index in [0.29, 0.717) is 25.3 Å². The van der Waals surface area contributed by atoms with Gasteiger partial charge in [-0.2, -0.15) is 0 Å². The van der Waals surface area contributed by atoms with Crippen molar-refractivity contribution in [2.75, 3.05) is 26.2 Å². The molecule has 0 saturated carbocycles. The van der Waals surface area contributed by atoms with Gasteiger partial charge in [-0.05, 0) is 17.7 Å². The minimum Gasteiger partial charge on any atom is -0.387 e. The van der Waals surface area contributed by atoms with E-state index in [1.807, 2.05) is 5.38 Å². The maximum absolute atomic E-state index is 13.2.